The van der Waals surface area contributed by atoms with Crippen LogP contribution >= 0.6 is 0 Å². The Morgan fingerprint density at radius 1 is 1.23 bits per heavy atom. The second-order valence-electron chi connectivity index (χ2n) is 5.96. The van der Waals surface area contributed by atoms with Crippen LogP contribution in [0.15, 0.2) is 42.7 Å². The number of rotatable bonds is 5. The van der Waals surface area contributed by atoms with Gasteiger partial charge in [0.2, 0.25) is 0 Å². The van der Waals surface area contributed by atoms with Crippen LogP contribution < -0.4 is 5.32 Å². The predicted octanol–water partition coefficient (Wildman–Crippen LogP) is 3.23. The van der Waals surface area contributed by atoms with Crippen LogP contribution in [0, 0.1) is 13.8 Å². The fraction of sp³-hybridized carbons (Fsp3) is 0.333. The molecule has 1 atom stereocenters. The molecule has 0 amide bonds. The molecule has 0 aliphatic heterocycles. The maximum atomic E-state index is 4.59. The lowest BCUT2D eigenvalue weighted by molar-refractivity contribution is 0.451. The fourth-order valence-electron chi connectivity index (χ4n) is 2.74. The maximum Gasteiger partial charge on any atom is 0.0708 e. The Balaban J connectivity index is 1.71. The van der Waals surface area contributed by atoms with Crippen molar-refractivity contribution in [2.45, 2.75) is 39.9 Å². The molecule has 4 nitrogen and oxygen atoms in total. The molecule has 0 saturated heterocycles. The number of para-hydroxylation sites is 1. The zero-order chi connectivity index (χ0) is 15.5. The standard InChI is InChI=1S/C18H22N4/c1-13-9-20-22(11-13)12-15(3)19-10-16-8-14(2)21-18-7-5-4-6-17(16)18/h4-9,11,15,19H,10,12H2,1-3H3. The van der Waals surface area contributed by atoms with Gasteiger partial charge in [-0.25, -0.2) is 0 Å². The lowest BCUT2D eigenvalue weighted by atomic mass is 10.1. The van der Waals surface area contributed by atoms with E-state index in [1.807, 2.05) is 23.9 Å². The first kappa shape index (κ1) is 14.7. The third kappa shape index (κ3) is 3.34. The summed E-state index contributed by atoms with van der Waals surface area (Å²) in [6, 6.07) is 10.8. The van der Waals surface area contributed by atoms with E-state index in [9.17, 15) is 0 Å². The van der Waals surface area contributed by atoms with Gasteiger partial charge in [-0.05, 0) is 44.0 Å². The molecule has 0 bridgehead atoms. The Morgan fingerprint density at radius 2 is 2.05 bits per heavy atom. The van der Waals surface area contributed by atoms with Gasteiger partial charge in [0.15, 0.2) is 0 Å². The van der Waals surface area contributed by atoms with Crippen LogP contribution in [0.4, 0.5) is 0 Å². The molecule has 0 fully saturated rings. The summed E-state index contributed by atoms with van der Waals surface area (Å²) < 4.78 is 1.99. The fourth-order valence-corrected chi connectivity index (χ4v) is 2.74. The molecule has 114 valence electrons. The van der Waals surface area contributed by atoms with Crippen LogP contribution in [0.25, 0.3) is 10.9 Å². The van der Waals surface area contributed by atoms with Gasteiger partial charge >= 0.3 is 0 Å². The first-order valence-electron chi connectivity index (χ1n) is 7.69. The number of hydrogen-bond donors (Lipinski definition) is 1. The third-order valence-corrected chi connectivity index (χ3v) is 3.79. The number of nitrogens with one attached hydrogen (secondary N) is 1. The molecule has 1 unspecified atom stereocenters. The zero-order valence-corrected chi connectivity index (χ0v) is 13.4. The van der Waals surface area contributed by atoms with Gasteiger partial charge in [-0.1, -0.05) is 18.2 Å². The molecule has 0 spiro atoms. The molecule has 3 aromatic rings. The van der Waals surface area contributed by atoms with Crippen LogP contribution in [0.2, 0.25) is 0 Å². The summed E-state index contributed by atoms with van der Waals surface area (Å²) in [6.07, 6.45) is 3.97. The second-order valence-corrected chi connectivity index (χ2v) is 5.96. The maximum absolute atomic E-state index is 4.59. The van der Waals surface area contributed by atoms with Crippen molar-refractivity contribution in [2.24, 2.45) is 0 Å². The minimum Gasteiger partial charge on any atom is -0.308 e. The van der Waals surface area contributed by atoms with Crippen LogP contribution in [-0.2, 0) is 13.1 Å². The van der Waals surface area contributed by atoms with Gasteiger partial charge in [0, 0.05) is 29.9 Å². The van der Waals surface area contributed by atoms with Gasteiger partial charge in [-0.2, -0.15) is 5.10 Å². The van der Waals surface area contributed by atoms with Crippen molar-refractivity contribution in [2.75, 3.05) is 0 Å². The summed E-state index contributed by atoms with van der Waals surface area (Å²) in [6.45, 7) is 8.01. The molecule has 1 aromatic carbocycles. The first-order chi connectivity index (χ1) is 10.6. The number of aryl methyl sites for hydroxylation is 2. The summed E-state index contributed by atoms with van der Waals surface area (Å²) in [5.74, 6) is 0. The molecule has 0 aliphatic carbocycles. The Labute approximate surface area is 131 Å². The summed E-state index contributed by atoms with van der Waals surface area (Å²) in [7, 11) is 0. The highest BCUT2D eigenvalue weighted by molar-refractivity contribution is 5.82. The summed E-state index contributed by atoms with van der Waals surface area (Å²) >= 11 is 0. The molecule has 0 radical (unpaired) electrons. The van der Waals surface area contributed by atoms with Crippen molar-refractivity contribution < 1.29 is 0 Å². The SMILES string of the molecule is Cc1cnn(CC(C)NCc2cc(C)nc3ccccc23)c1. The number of pyridine rings is 1. The van der Waals surface area contributed by atoms with E-state index in [2.05, 4.69) is 59.7 Å². The van der Waals surface area contributed by atoms with Gasteiger partial charge in [0.25, 0.3) is 0 Å². The third-order valence-electron chi connectivity index (χ3n) is 3.79. The molecule has 0 aliphatic rings. The highest BCUT2D eigenvalue weighted by Gasteiger charge is 2.07. The quantitative estimate of drug-likeness (QED) is 0.785. The monoisotopic (exact) mass is 294 g/mol. The highest BCUT2D eigenvalue weighted by Crippen LogP contribution is 2.18. The van der Waals surface area contributed by atoms with E-state index in [0.717, 1.165) is 24.3 Å². The largest absolute Gasteiger partial charge is 0.308 e. The van der Waals surface area contributed by atoms with Crippen molar-refractivity contribution >= 4 is 10.9 Å². The van der Waals surface area contributed by atoms with Crippen molar-refractivity contribution in [3.63, 3.8) is 0 Å². The number of fused-ring (bicyclic) bond motifs is 1. The van der Waals surface area contributed by atoms with Crippen molar-refractivity contribution in [1.82, 2.24) is 20.1 Å². The Bertz CT molecular complexity index is 776. The Hall–Kier alpha value is -2.20. The van der Waals surface area contributed by atoms with E-state index in [1.165, 1.54) is 16.5 Å². The topological polar surface area (TPSA) is 42.7 Å². The second kappa shape index (κ2) is 6.28. The van der Waals surface area contributed by atoms with Gasteiger partial charge in [-0.15, -0.1) is 0 Å². The average Bonchev–Trinajstić information content (AvgIpc) is 2.89. The Kier molecular flexibility index (Phi) is 4.20. The zero-order valence-electron chi connectivity index (χ0n) is 13.4. The molecular formula is C18H22N4. The Morgan fingerprint density at radius 3 is 2.82 bits per heavy atom. The molecular weight excluding hydrogens is 272 g/mol. The highest BCUT2D eigenvalue weighted by atomic mass is 15.3. The molecule has 22 heavy (non-hydrogen) atoms. The molecule has 2 aromatic heterocycles. The van der Waals surface area contributed by atoms with E-state index in [0.29, 0.717) is 6.04 Å². The van der Waals surface area contributed by atoms with Crippen LogP contribution in [0.5, 0.6) is 0 Å². The van der Waals surface area contributed by atoms with Gasteiger partial charge < -0.3 is 5.32 Å². The number of aromatic nitrogens is 3. The van der Waals surface area contributed by atoms with Crippen molar-refractivity contribution in [3.8, 4) is 0 Å². The smallest absolute Gasteiger partial charge is 0.0708 e. The minimum atomic E-state index is 0.353. The van der Waals surface area contributed by atoms with Crippen molar-refractivity contribution in [1.29, 1.82) is 0 Å². The lowest BCUT2D eigenvalue weighted by Crippen LogP contribution is -2.30. The van der Waals surface area contributed by atoms with Crippen LogP contribution in [0.1, 0.15) is 23.7 Å². The molecule has 4 heteroatoms. The van der Waals surface area contributed by atoms with E-state index < -0.39 is 0 Å². The first-order valence-corrected chi connectivity index (χ1v) is 7.69. The van der Waals surface area contributed by atoms with Crippen LogP contribution in [0.3, 0.4) is 0 Å². The molecule has 1 N–H and O–H groups in total. The van der Waals surface area contributed by atoms with E-state index >= 15 is 0 Å². The average molecular weight is 294 g/mol. The summed E-state index contributed by atoms with van der Waals surface area (Å²) in [5.41, 5.74) is 4.62. The van der Waals surface area contributed by atoms with Gasteiger partial charge in [0.1, 0.15) is 0 Å². The number of benzene rings is 1. The predicted molar refractivity (Wildman–Crippen MR) is 89.7 cm³/mol. The van der Waals surface area contributed by atoms with Gasteiger partial charge in [0.05, 0.1) is 18.3 Å². The summed E-state index contributed by atoms with van der Waals surface area (Å²) in [5, 5.41) is 9.15. The number of hydrogen-bond acceptors (Lipinski definition) is 3. The molecule has 2 heterocycles. The van der Waals surface area contributed by atoms with Crippen LogP contribution in [-0.4, -0.2) is 20.8 Å². The normalized spacial score (nSPS) is 12.7. The number of nitrogens with zero attached hydrogens (tertiary/aromatic N) is 3. The van der Waals surface area contributed by atoms with E-state index in [1.54, 1.807) is 0 Å². The van der Waals surface area contributed by atoms with E-state index in [4.69, 9.17) is 0 Å². The van der Waals surface area contributed by atoms with E-state index in [-0.39, 0.29) is 0 Å². The van der Waals surface area contributed by atoms with Gasteiger partial charge in [-0.3, -0.25) is 9.67 Å². The van der Waals surface area contributed by atoms with Crippen molar-refractivity contribution in [3.05, 3.63) is 59.5 Å². The molecule has 3 rings (SSSR count). The summed E-state index contributed by atoms with van der Waals surface area (Å²) in [4.78, 5) is 4.59. The molecule has 0 saturated carbocycles. The lowest BCUT2D eigenvalue weighted by Gasteiger charge is -2.15. The minimum absolute atomic E-state index is 0.353.